The molecule has 1 N–H and O–H groups in total. The lowest BCUT2D eigenvalue weighted by Crippen LogP contribution is -2.49. The first-order valence-corrected chi connectivity index (χ1v) is 9.89. The van der Waals surface area contributed by atoms with Gasteiger partial charge < -0.3 is 10.1 Å². The van der Waals surface area contributed by atoms with E-state index in [1.54, 1.807) is 12.1 Å². The smallest absolute Gasteiger partial charge is 0.242 e. The van der Waals surface area contributed by atoms with Crippen LogP contribution in [0.1, 0.15) is 44.2 Å². The van der Waals surface area contributed by atoms with Crippen molar-refractivity contribution in [3.05, 3.63) is 33.8 Å². The van der Waals surface area contributed by atoms with Gasteiger partial charge in [-0.15, -0.1) is 0 Å². The third-order valence-electron chi connectivity index (χ3n) is 5.36. The Balaban J connectivity index is 1.83. The van der Waals surface area contributed by atoms with Gasteiger partial charge in [0.25, 0.3) is 0 Å². The van der Waals surface area contributed by atoms with Crippen molar-refractivity contribution in [2.24, 2.45) is 5.92 Å². The molecule has 1 heterocycles. The van der Waals surface area contributed by atoms with E-state index in [-0.39, 0.29) is 11.9 Å². The van der Waals surface area contributed by atoms with E-state index in [9.17, 15) is 4.79 Å². The van der Waals surface area contributed by atoms with Crippen LogP contribution < -0.4 is 5.32 Å². The van der Waals surface area contributed by atoms with Gasteiger partial charge in [-0.05, 0) is 36.5 Å². The lowest BCUT2D eigenvalue weighted by Gasteiger charge is -2.36. The number of morpholine rings is 1. The molecule has 1 aliphatic carbocycles. The third kappa shape index (κ3) is 4.68. The summed E-state index contributed by atoms with van der Waals surface area (Å²) < 4.78 is 5.45. The first-order valence-electron chi connectivity index (χ1n) is 9.13. The van der Waals surface area contributed by atoms with Crippen molar-refractivity contribution in [1.82, 2.24) is 10.2 Å². The van der Waals surface area contributed by atoms with Gasteiger partial charge in [0.15, 0.2) is 0 Å². The van der Waals surface area contributed by atoms with Crippen LogP contribution in [0.25, 0.3) is 0 Å². The van der Waals surface area contributed by atoms with Crippen LogP contribution >= 0.6 is 23.2 Å². The van der Waals surface area contributed by atoms with Gasteiger partial charge in [0.2, 0.25) is 5.91 Å². The van der Waals surface area contributed by atoms with E-state index in [1.165, 1.54) is 19.3 Å². The highest BCUT2D eigenvalue weighted by Gasteiger charge is 2.33. The van der Waals surface area contributed by atoms with Gasteiger partial charge in [0.05, 0.1) is 13.2 Å². The fourth-order valence-corrected chi connectivity index (χ4v) is 4.37. The highest BCUT2D eigenvalue weighted by Crippen LogP contribution is 2.32. The zero-order chi connectivity index (χ0) is 17.8. The largest absolute Gasteiger partial charge is 0.379 e. The Hall–Kier alpha value is -0.810. The van der Waals surface area contributed by atoms with Gasteiger partial charge in [-0.25, -0.2) is 0 Å². The van der Waals surface area contributed by atoms with E-state index in [4.69, 9.17) is 27.9 Å². The molecule has 1 aromatic rings. The third-order valence-corrected chi connectivity index (χ3v) is 5.92. The minimum atomic E-state index is -0.400. The fourth-order valence-electron chi connectivity index (χ4n) is 3.86. The molecular weight excluding hydrogens is 359 g/mol. The second-order valence-electron chi connectivity index (χ2n) is 7.09. The summed E-state index contributed by atoms with van der Waals surface area (Å²) in [5, 5.41) is 4.41. The van der Waals surface area contributed by atoms with Gasteiger partial charge in [-0.1, -0.05) is 49.0 Å². The van der Waals surface area contributed by atoms with Gasteiger partial charge in [-0.3, -0.25) is 9.69 Å². The molecule has 1 saturated heterocycles. The molecule has 3 atom stereocenters. The Bertz CT molecular complexity index is 605. The van der Waals surface area contributed by atoms with Crippen molar-refractivity contribution in [3.8, 4) is 0 Å². The number of amides is 1. The normalized spacial score (nSPS) is 26.2. The molecular formula is C19H26Cl2N2O2. The molecule has 0 bridgehead atoms. The summed E-state index contributed by atoms with van der Waals surface area (Å²) >= 11 is 12.5. The van der Waals surface area contributed by atoms with Crippen LogP contribution in [-0.2, 0) is 9.53 Å². The molecule has 2 fully saturated rings. The molecule has 0 spiro atoms. The van der Waals surface area contributed by atoms with Crippen LogP contribution in [0.4, 0.5) is 0 Å². The van der Waals surface area contributed by atoms with Crippen LogP contribution in [0.3, 0.4) is 0 Å². The number of nitrogens with zero attached hydrogens (tertiary/aromatic N) is 1. The van der Waals surface area contributed by atoms with Crippen molar-refractivity contribution < 1.29 is 9.53 Å². The van der Waals surface area contributed by atoms with Crippen molar-refractivity contribution in [3.63, 3.8) is 0 Å². The van der Waals surface area contributed by atoms with E-state index in [0.29, 0.717) is 29.2 Å². The summed E-state index contributed by atoms with van der Waals surface area (Å²) in [6.07, 6.45) is 4.66. The molecule has 138 valence electrons. The van der Waals surface area contributed by atoms with Crippen LogP contribution in [0, 0.1) is 5.92 Å². The standard InChI is InChI=1S/C19H26Cl2N2O2/c1-13-4-2-3-5-17(13)22-19(24)18(23-8-10-25-11-9-23)15-7-6-14(20)12-16(15)21/h6-7,12-13,17-18H,2-5,8-11H2,1H3,(H,22,24)/t13-,17+,18-/m1/s1. The molecule has 6 heteroatoms. The molecule has 2 aliphatic rings. The average Bonchev–Trinajstić information content (AvgIpc) is 2.60. The number of ether oxygens (including phenoxy) is 1. The Labute approximate surface area is 159 Å². The van der Waals surface area contributed by atoms with Crippen molar-refractivity contribution >= 4 is 29.1 Å². The van der Waals surface area contributed by atoms with Crippen molar-refractivity contribution in [1.29, 1.82) is 0 Å². The first-order chi connectivity index (χ1) is 12.1. The SMILES string of the molecule is C[C@@H]1CCCC[C@@H]1NC(=O)[C@@H](c1ccc(Cl)cc1Cl)N1CCOCC1. The lowest BCUT2D eigenvalue weighted by molar-refractivity contribution is -0.129. The molecule has 0 aromatic heterocycles. The Morgan fingerprint density at radius 1 is 1.24 bits per heavy atom. The molecule has 1 aromatic carbocycles. The number of nitrogens with one attached hydrogen (secondary N) is 1. The summed E-state index contributed by atoms with van der Waals surface area (Å²) in [6.45, 7) is 4.93. The Morgan fingerprint density at radius 3 is 2.64 bits per heavy atom. The van der Waals surface area contributed by atoms with E-state index >= 15 is 0 Å². The number of carbonyl (C=O) groups excluding carboxylic acids is 1. The number of rotatable bonds is 4. The van der Waals surface area contributed by atoms with Gasteiger partial charge >= 0.3 is 0 Å². The zero-order valence-corrected chi connectivity index (χ0v) is 16.2. The molecule has 1 amide bonds. The fraction of sp³-hybridized carbons (Fsp3) is 0.632. The maximum absolute atomic E-state index is 13.2. The summed E-state index contributed by atoms with van der Waals surface area (Å²) in [5.74, 6) is 0.550. The van der Waals surface area contributed by atoms with Gasteiger partial charge in [0.1, 0.15) is 6.04 Å². The first kappa shape index (κ1) is 19.0. The molecule has 4 nitrogen and oxygen atoms in total. The maximum atomic E-state index is 13.2. The maximum Gasteiger partial charge on any atom is 0.242 e. The molecule has 3 rings (SSSR count). The summed E-state index contributed by atoms with van der Waals surface area (Å²) in [6, 6.07) is 5.22. The average molecular weight is 385 g/mol. The predicted octanol–water partition coefficient (Wildman–Crippen LogP) is 4.06. The van der Waals surface area contributed by atoms with E-state index in [1.807, 2.05) is 6.07 Å². The number of benzene rings is 1. The number of hydrogen-bond acceptors (Lipinski definition) is 3. The quantitative estimate of drug-likeness (QED) is 0.850. The highest BCUT2D eigenvalue weighted by atomic mass is 35.5. The van der Waals surface area contributed by atoms with Gasteiger partial charge in [-0.2, -0.15) is 0 Å². The molecule has 1 saturated carbocycles. The van der Waals surface area contributed by atoms with E-state index < -0.39 is 6.04 Å². The second kappa shape index (κ2) is 8.72. The molecule has 0 radical (unpaired) electrons. The van der Waals surface area contributed by atoms with E-state index in [0.717, 1.165) is 25.1 Å². The van der Waals surface area contributed by atoms with Crippen molar-refractivity contribution in [2.75, 3.05) is 26.3 Å². The Morgan fingerprint density at radius 2 is 1.96 bits per heavy atom. The lowest BCUT2D eigenvalue weighted by atomic mass is 9.85. The number of carbonyl (C=O) groups is 1. The zero-order valence-electron chi connectivity index (χ0n) is 14.6. The van der Waals surface area contributed by atoms with Crippen LogP contribution in [-0.4, -0.2) is 43.2 Å². The minimum Gasteiger partial charge on any atom is -0.379 e. The molecule has 1 aliphatic heterocycles. The molecule has 0 unspecified atom stereocenters. The van der Waals surface area contributed by atoms with Gasteiger partial charge in [0, 0.05) is 29.2 Å². The summed E-state index contributed by atoms with van der Waals surface area (Å²) in [4.78, 5) is 15.4. The Kier molecular flexibility index (Phi) is 6.61. The monoisotopic (exact) mass is 384 g/mol. The van der Waals surface area contributed by atoms with Crippen LogP contribution in [0.2, 0.25) is 10.0 Å². The minimum absolute atomic E-state index is 0.0323. The number of hydrogen-bond donors (Lipinski definition) is 1. The highest BCUT2D eigenvalue weighted by molar-refractivity contribution is 6.35. The van der Waals surface area contributed by atoms with E-state index in [2.05, 4.69) is 17.1 Å². The van der Waals surface area contributed by atoms with Crippen LogP contribution in [0.5, 0.6) is 0 Å². The summed E-state index contributed by atoms with van der Waals surface area (Å²) in [5.41, 5.74) is 0.814. The number of halogens is 2. The second-order valence-corrected chi connectivity index (χ2v) is 7.94. The topological polar surface area (TPSA) is 41.6 Å². The predicted molar refractivity (Wildman–Crippen MR) is 101 cm³/mol. The van der Waals surface area contributed by atoms with Crippen molar-refractivity contribution in [2.45, 2.75) is 44.7 Å². The van der Waals surface area contributed by atoms with Crippen LogP contribution in [0.15, 0.2) is 18.2 Å². The molecule has 25 heavy (non-hydrogen) atoms. The summed E-state index contributed by atoms with van der Waals surface area (Å²) in [7, 11) is 0.